The van der Waals surface area contributed by atoms with Crippen molar-refractivity contribution in [3.05, 3.63) is 72.3 Å². The number of hydrogen-bond acceptors (Lipinski definition) is 3. The van der Waals surface area contributed by atoms with Crippen molar-refractivity contribution in [2.75, 3.05) is 0 Å². The van der Waals surface area contributed by atoms with Gasteiger partial charge in [0.05, 0.1) is 0 Å². The van der Waals surface area contributed by atoms with Crippen LogP contribution in [0.25, 0.3) is 27.8 Å². The highest BCUT2D eigenvalue weighted by Crippen LogP contribution is 2.30. The number of benzene rings is 3. The number of fused-ring (bicyclic) bond motifs is 1. The summed E-state index contributed by atoms with van der Waals surface area (Å²) in [7, 11) is 0. The van der Waals surface area contributed by atoms with Crippen molar-refractivity contribution in [2.24, 2.45) is 0 Å². The Bertz CT molecular complexity index is 971. The van der Waals surface area contributed by atoms with Crippen LogP contribution in [-0.4, -0.2) is 20.1 Å². The highest BCUT2D eigenvalue weighted by molar-refractivity contribution is 5.75. The topological polar surface area (TPSA) is 50.9 Å². The summed E-state index contributed by atoms with van der Waals surface area (Å²) in [4.78, 5) is 1.49. The fourth-order valence-corrected chi connectivity index (χ4v) is 2.72. The van der Waals surface area contributed by atoms with Crippen LogP contribution in [0.3, 0.4) is 0 Å². The molecular weight excluding hydrogens is 286 g/mol. The van der Waals surface area contributed by atoms with Gasteiger partial charge in [0.15, 0.2) is 0 Å². The number of phenols is 1. The van der Waals surface area contributed by atoms with Crippen LogP contribution in [0.2, 0.25) is 0 Å². The fourth-order valence-electron chi connectivity index (χ4n) is 2.72. The Morgan fingerprint density at radius 2 is 1.48 bits per heavy atom. The molecule has 1 N–H and O–H groups in total. The van der Waals surface area contributed by atoms with E-state index in [1.807, 2.05) is 48.5 Å². The van der Waals surface area contributed by atoms with E-state index in [9.17, 15) is 5.11 Å². The molecule has 1 aromatic heterocycles. The average molecular weight is 301 g/mol. The molecule has 4 heteroatoms. The van der Waals surface area contributed by atoms with Crippen LogP contribution < -0.4 is 0 Å². The second-order valence-corrected chi connectivity index (χ2v) is 5.50. The molecule has 0 atom stereocenters. The second-order valence-electron chi connectivity index (χ2n) is 5.50. The quantitative estimate of drug-likeness (QED) is 0.606. The van der Waals surface area contributed by atoms with Crippen LogP contribution in [0, 0.1) is 6.92 Å². The first-order valence-electron chi connectivity index (χ1n) is 7.44. The van der Waals surface area contributed by atoms with Crippen molar-refractivity contribution >= 4 is 11.0 Å². The summed E-state index contributed by atoms with van der Waals surface area (Å²) in [5.74, 6) is 0.155. The molecule has 0 spiro atoms. The van der Waals surface area contributed by atoms with Gasteiger partial charge in [0.1, 0.15) is 22.5 Å². The van der Waals surface area contributed by atoms with Gasteiger partial charge in [-0.15, -0.1) is 15.0 Å². The number of rotatable bonds is 2. The summed E-state index contributed by atoms with van der Waals surface area (Å²) >= 11 is 0. The predicted octanol–water partition coefficient (Wildman–Crippen LogP) is 4.10. The van der Waals surface area contributed by atoms with Crippen LogP contribution in [0.15, 0.2) is 66.7 Å². The molecule has 23 heavy (non-hydrogen) atoms. The number of aryl methyl sites for hydroxylation is 1. The summed E-state index contributed by atoms with van der Waals surface area (Å²) in [6.45, 7) is 2.07. The van der Waals surface area contributed by atoms with E-state index in [4.69, 9.17) is 0 Å². The molecule has 0 amide bonds. The van der Waals surface area contributed by atoms with E-state index in [-0.39, 0.29) is 5.75 Å². The zero-order valence-corrected chi connectivity index (χ0v) is 12.6. The number of aromatic hydroxyl groups is 1. The molecule has 4 rings (SSSR count). The molecule has 0 aliphatic rings. The summed E-state index contributed by atoms with van der Waals surface area (Å²) in [5.41, 5.74) is 5.51. The van der Waals surface area contributed by atoms with Gasteiger partial charge in [-0.3, -0.25) is 0 Å². The van der Waals surface area contributed by atoms with E-state index < -0.39 is 0 Å². The Morgan fingerprint density at radius 1 is 0.826 bits per heavy atom. The van der Waals surface area contributed by atoms with Crippen molar-refractivity contribution in [3.8, 4) is 22.6 Å². The third kappa shape index (κ3) is 2.34. The largest absolute Gasteiger partial charge is 0.506 e. The Kier molecular flexibility index (Phi) is 3.08. The first-order chi connectivity index (χ1) is 11.2. The van der Waals surface area contributed by atoms with Crippen molar-refractivity contribution in [2.45, 2.75) is 6.92 Å². The summed E-state index contributed by atoms with van der Waals surface area (Å²) in [5, 5.41) is 19.1. The van der Waals surface area contributed by atoms with E-state index in [1.165, 1.54) is 10.4 Å². The minimum atomic E-state index is 0.155. The van der Waals surface area contributed by atoms with Gasteiger partial charge in [0, 0.05) is 0 Å². The first kappa shape index (κ1) is 13.5. The summed E-state index contributed by atoms with van der Waals surface area (Å²) < 4.78 is 0. The molecule has 0 saturated heterocycles. The molecule has 1 heterocycles. The maximum Gasteiger partial charge on any atom is 0.143 e. The van der Waals surface area contributed by atoms with E-state index in [0.29, 0.717) is 5.69 Å². The molecule has 4 aromatic rings. The second kappa shape index (κ2) is 5.25. The highest BCUT2D eigenvalue weighted by atomic mass is 16.3. The zero-order chi connectivity index (χ0) is 15.8. The van der Waals surface area contributed by atoms with Crippen molar-refractivity contribution < 1.29 is 5.11 Å². The Labute approximate surface area is 133 Å². The lowest BCUT2D eigenvalue weighted by molar-refractivity contribution is 0.468. The van der Waals surface area contributed by atoms with Crippen LogP contribution in [0.1, 0.15) is 5.56 Å². The molecule has 0 bridgehead atoms. The first-order valence-corrected chi connectivity index (χ1v) is 7.44. The van der Waals surface area contributed by atoms with Crippen LogP contribution >= 0.6 is 0 Å². The molecule has 0 radical (unpaired) electrons. The summed E-state index contributed by atoms with van der Waals surface area (Å²) in [6.07, 6.45) is 0. The molecule has 0 saturated carbocycles. The molecule has 0 fully saturated rings. The van der Waals surface area contributed by atoms with Gasteiger partial charge in [-0.1, -0.05) is 42.5 Å². The molecule has 4 nitrogen and oxygen atoms in total. The third-order valence-corrected chi connectivity index (χ3v) is 3.93. The fraction of sp³-hybridized carbons (Fsp3) is 0.0526. The zero-order valence-electron chi connectivity index (χ0n) is 12.6. The lowest BCUT2D eigenvalue weighted by Gasteiger charge is -2.09. The normalized spacial score (nSPS) is 11.0. The van der Waals surface area contributed by atoms with E-state index in [0.717, 1.165) is 22.2 Å². The molecule has 0 aliphatic carbocycles. The molecule has 112 valence electrons. The SMILES string of the molecule is Cc1ccccc1-c1ccc(O)c(-n2nc3ccccc3n2)c1. The van der Waals surface area contributed by atoms with Gasteiger partial charge in [0.25, 0.3) is 0 Å². The molecule has 3 aromatic carbocycles. The van der Waals surface area contributed by atoms with Gasteiger partial charge in [0.2, 0.25) is 0 Å². The monoisotopic (exact) mass is 301 g/mol. The lowest BCUT2D eigenvalue weighted by atomic mass is 10.00. The van der Waals surface area contributed by atoms with Crippen LogP contribution in [0.5, 0.6) is 5.75 Å². The van der Waals surface area contributed by atoms with Gasteiger partial charge >= 0.3 is 0 Å². The minimum Gasteiger partial charge on any atom is -0.506 e. The molecular formula is C19H15N3O. The number of nitrogens with zero attached hydrogens (tertiary/aromatic N) is 3. The van der Waals surface area contributed by atoms with E-state index in [2.05, 4.69) is 29.3 Å². The van der Waals surface area contributed by atoms with E-state index in [1.54, 1.807) is 6.07 Å². The number of phenolic OH excluding ortho intramolecular Hbond substituents is 1. The maximum absolute atomic E-state index is 10.2. The van der Waals surface area contributed by atoms with Crippen molar-refractivity contribution in [3.63, 3.8) is 0 Å². The predicted molar refractivity (Wildman–Crippen MR) is 90.7 cm³/mol. The summed E-state index contributed by atoms with van der Waals surface area (Å²) in [6, 6.07) is 21.3. The maximum atomic E-state index is 10.2. The van der Waals surface area contributed by atoms with Gasteiger partial charge in [-0.05, 0) is 47.9 Å². The number of aromatic nitrogens is 3. The van der Waals surface area contributed by atoms with Crippen molar-refractivity contribution in [1.82, 2.24) is 15.0 Å². The third-order valence-electron chi connectivity index (χ3n) is 3.93. The average Bonchev–Trinajstić information content (AvgIpc) is 3.00. The smallest absolute Gasteiger partial charge is 0.143 e. The Balaban J connectivity index is 1.88. The van der Waals surface area contributed by atoms with Gasteiger partial charge in [-0.2, -0.15) is 0 Å². The lowest BCUT2D eigenvalue weighted by Crippen LogP contribution is -1.99. The standard InChI is InChI=1S/C19H15N3O/c1-13-6-2-3-7-15(13)14-10-11-19(23)18(12-14)22-20-16-8-4-5-9-17(16)21-22/h2-12,23H,1H3. The van der Waals surface area contributed by atoms with E-state index >= 15 is 0 Å². The van der Waals surface area contributed by atoms with Crippen LogP contribution in [-0.2, 0) is 0 Å². The molecule has 0 aliphatic heterocycles. The Morgan fingerprint density at radius 3 is 2.17 bits per heavy atom. The van der Waals surface area contributed by atoms with Gasteiger partial charge < -0.3 is 5.11 Å². The minimum absolute atomic E-state index is 0.155. The number of hydrogen-bond donors (Lipinski definition) is 1. The Hall–Kier alpha value is -3.14. The van der Waals surface area contributed by atoms with Gasteiger partial charge in [-0.25, -0.2) is 0 Å². The highest BCUT2D eigenvalue weighted by Gasteiger charge is 2.11. The molecule has 0 unspecified atom stereocenters. The van der Waals surface area contributed by atoms with Crippen LogP contribution in [0.4, 0.5) is 0 Å². The van der Waals surface area contributed by atoms with Crippen molar-refractivity contribution in [1.29, 1.82) is 0 Å².